The van der Waals surface area contributed by atoms with Crippen molar-refractivity contribution in [3.05, 3.63) is 99.7 Å². The van der Waals surface area contributed by atoms with Crippen LogP contribution >= 0.6 is 0 Å². The SMILES string of the molecule is C[C@@H]1[C@@H](NC(=O)[C@@H]2[C@H]([C@H](C)O)[C@H](CN=[N+]=[N-])ON2Cc2cccc(-c3cc(C(=O)N[C@@H](Cc4ccccc4)CN(C)C)cc(N(C)C)c3)c2F)C[C@H]2C[C@@H]1C2(C)C. The molecule has 12 nitrogen and oxygen atoms in total. The van der Waals surface area contributed by atoms with Gasteiger partial charge in [-0.3, -0.25) is 14.4 Å². The summed E-state index contributed by atoms with van der Waals surface area (Å²) in [7, 11) is 7.68. The summed E-state index contributed by atoms with van der Waals surface area (Å²) in [6.07, 6.45) is 0.902. The maximum atomic E-state index is 16.9. The number of aliphatic hydroxyl groups excluding tert-OH is 1. The van der Waals surface area contributed by atoms with Crippen molar-refractivity contribution in [3.63, 3.8) is 0 Å². The molecule has 0 unspecified atom stereocenters. The molecule has 0 spiro atoms. The molecule has 2 bridgehead atoms. The van der Waals surface area contributed by atoms with E-state index in [1.54, 1.807) is 37.3 Å². The molecule has 0 aromatic heterocycles. The second kappa shape index (κ2) is 17.5. The number of carbonyl (C=O) groups excluding carboxylic acids is 2. The highest BCUT2D eigenvalue weighted by molar-refractivity contribution is 5.97. The van der Waals surface area contributed by atoms with Crippen LogP contribution in [0, 0.1) is 34.9 Å². The number of carbonyl (C=O) groups is 2. The third-order valence-corrected chi connectivity index (χ3v) is 12.9. The summed E-state index contributed by atoms with van der Waals surface area (Å²) in [4.78, 5) is 41.3. The zero-order valence-corrected chi connectivity index (χ0v) is 34.5. The normalized spacial score (nSPS) is 26.2. The van der Waals surface area contributed by atoms with Gasteiger partial charge in [0.1, 0.15) is 11.9 Å². The zero-order valence-electron chi connectivity index (χ0n) is 34.5. The van der Waals surface area contributed by atoms with Gasteiger partial charge in [0.25, 0.3) is 5.91 Å². The van der Waals surface area contributed by atoms with Crippen LogP contribution in [0.5, 0.6) is 0 Å². The molecule has 3 aromatic rings. The summed E-state index contributed by atoms with van der Waals surface area (Å²) in [5.41, 5.74) is 12.7. The number of amides is 2. The van der Waals surface area contributed by atoms with E-state index in [0.717, 1.165) is 24.1 Å². The number of azide groups is 1. The number of nitrogens with one attached hydrogen (secondary N) is 2. The van der Waals surface area contributed by atoms with Gasteiger partial charge in [-0.1, -0.05) is 74.4 Å². The van der Waals surface area contributed by atoms with E-state index >= 15 is 4.39 Å². The van der Waals surface area contributed by atoms with Crippen LogP contribution < -0.4 is 15.5 Å². The fourth-order valence-corrected chi connectivity index (χ4v) is 9.62. The molecule has 0 radical (unpaired) electrons. The number of aliphatic hydroxyl groups is 1. The first-order chi connectivity index (χ1) is 27.1. The van der Waals surface area contributed by atoms with Crippen LogP contribution in [0.3, 0.4) is 0 Å². The van der Waals surface area contributed by atoms with Gasteiger partial charge >= 0.3 is 0 Å². The summed E-state index contributed by atoms with van der Waals surface area (Å²) in [5.74, 6) is -0.516. The van der Waals surface area contributed by atoms with Gasteiger partial charge in [-0.15, -0.1) is 0 Å². The second-order valence-corrected chi connectivity index (χ2v) is 17.5. The minimum Gasteiger partial charge on any atom is -0.393 e. The van der Waals surface area contributed by atoms with E-state index in [1.807, 2.05) is 74.4 Å². The average molecular weight is 783 g/mol. The molecule has 1 saturated heterocycles. The maximum absolute atomic E-state index is 16.9. The number of anilines is 1. The molecule has 4 aliphatic rings. The second-order valence-electron chi connectivity index (χ2n) is 17.5. The first-order valence-corrected chi connectivity index (χ1v) is 20.1. The van der Waals surface area contributed by atoms with Crippen molar-refractivity contribution in [1.29, 1.82) is 0 Å². The average Bonchev–Trinajstić information content (AvgIpc) is 3.53. The molecule has 9 atom stereocenters. The first-order valence-electron chi connectivity index (χ1n) is 20.1. The van der Waals surface area contributed by atoms with Gasteiger partial charge in [0.05, 0.1) is 25.3 Å². The lowest BCUT2D eigenvalue weighted by atomic mass is 9.45. The van der Waals surface area contributed by atoms with Crippen molar-refractivity contribution in [3.8, 4) is 11.1 Å². The number of hydrogen-bond donors (Lipinski definition) is 3. The Bertz CT molecular complexity index is 1950. The summed E-state index contributed by atoms with van der Waals surface area (Å²) >= 11 is 0. The van der Waals surface area contributed by atoms with Crippen molar-refractivity contribution >= 4 is 17.5 Å². The molecule has 1 heterocycles. The van der Waals surface area contributed by atoms with Crippen LogP contribution in [0.15, 0.2) is 71.8 Å². The Hall–Kier alpha value is -4.52. The van der Waals surface area contributed by atoms with Crippen LogP contribution in [-0.2, 0) is 22.6 Å². The number of hydrogen-bond acceptors (Lipinski definition) is 8. The fourth-order valence-electron chi connectivity index (χ4n) is 9.62. The first kappa shape index (κ1) is 42.1. The largest absolute Gasteiger partial charge is 0.393 e. The highest BCUT2D eigenvalue weighted by Gasteiger charge is 2.57. The third-order valence-electron chi connectivity index (χ3n) is 12.9. The van der Waals surface area contributed by atoms with Gasteiger partial charge in [0.15, 0.2) is 0 Å². The highest BCUT2D eigenvalue weighted by atomic mass is 19.1. The van der Waals surface area contributed by atoms with Gasteiger partial charge in [0, 0.05) is 65.9 Å². The molecule has 1 aliphatic heterocycles. The molecule has 57 heavy (non-hydrogen) atoms. The Morgan fingerprint density at radius 3 is 2.46 bits per heavy atom. The lowest BCUT2D eigenvalue weighted by Gasteiger charge is -2.62. The van der Waals surface area contributed by atoms with Gasteiger partial charge in [-0.25, -0.2) is 4.39 Å². The van der Waals surface area contributed by atoms with Crippen LogP contribution in [0.25, 0.3) is 21.6 Å². The van der Waals surface area contributed by atoms with E-state index in [0.29, 0.717) is 35.9 Å². The summed E-state index contributed by atoms with van der Waals surface area (Å²) < 4.78 is 16.9. The molecule has 7 rings (SSSR count). The summed E-state index contributed by atoms with van der Waals surface area (Å²) in [6, 6.07) is 19.3. The Labute approximate surface area is 336 Å². The molecule has 3 N–H and O–H groups in total. The van der Waals surface area contributed by atoms with E-state index < -0.39 is 30.0 Å². The third kappa shape index (κ3) is 9.13. The number of benzene rings is 3. The van der Waals surface area contributed by atoms with E-state index in [-0.39, 0.29) is 59.4 Å². The van der Waals surface area contributed by atoms with Crippen molar-refractivity contribution in [2.24, 2.45) is 34.2 Å². The van der Waals surface area contributed by atoms with Crippen molar-refractivity contribution < 1.29 is 23.9 Å². The maximum Gasteiger partial charge on any atom is 0.251 e. The molecule has 4 fully saturated rings. The lowest BCUT2D eigenvalue weighted by molar-refractivity contribution is -0.176. The summed E-state index contributed by atoms with van der Waals surface area (Å²) in [6.45, 7) is 8.82. The number of likely N-dealkylation sites (N-methyl/N-ethyl adjacent to an activating group) is 1. The van der Waals surface area contributed by atoms with Gasteiger partial charge in [-0.05, 0) is 98.3 Å². The van der Waals surface area contributed by atoms with Crippen LogP contribution in [0.4, 0.5) is 10.1 Å². The van der Waals surface area contributed by atoms with Gasteiger partial charge in [-0.2, -0.15) is 5.06 Å². The summed E-state index contributed by atoms with van der Waals surface area (Å²) in [5, 5.41) is 22.7. The Balaban J connectivity index is 1.28. The fraction of sp³-hybridized carbons (Fsp3) is 0.545. The number of rotatable bonds is 15. The van der Waals surface area contributed by atoms with Crippen molar-refractivity contribution in [2.45, 2.75) is 83.8 Å². The van der Waals surface area contributed by atoms with E-state index in [2.05, 4.69) is 41.4 Å². The minimum absolute atomic E-state index is 0.0334. The van der Waals surface area contributed by atoms with Gasteiger partial charge < -0.3 is 25.5 Å². The van der Waals surface area contributed by atoms with E-state index in [9.17, 15) is 14.7 Å². The predicted molar refractivity (Wildman–Crippen MR) is 221 cm³/mol. The smallest absolute Gasteiger partial charge is 0.251 e. The Morgan fingerprint density at radius 1 is 1.09 bits per heavy atom. The number of fused-ring (bicyclic) bond motifs is 2. The lowest BCUT2D eigenvalue weighted by Crippen LogP contribution is -2.62. The Morgan fingerprint density at radius 2 is 1.82 bits per heavy atom. The number of hydroxylamine groups is 2. The molecule has 2 amide bonds. The molecular weight excluding hydrogens is 724 g/mol. The minimum atomic E-state index is -0.986. The zero-order chi connectivity index (χ0) is 41.2. The molecule has 3 saturated carbocycles. The molecule has 13 heteroatoms. The number of halogens is 1. The van der Waals surface area contributed by atoms with E-state index in [4.69, 9.17) is 10.4 Å². The molecule has 3 aliphatic carbocycles. The van der Waals surface area contributed by atoms with Crippen molar-refractivity contribution in [2.75, 3.05) is 46.2 Å². The highest BCUT2D eigenvalue weighted by Crippen LogP contribution is 2.61. The van der Waals surface area contributed by atoms with Crippen LogP contribution in [0.2, 0.25) is 0 Å². The monoisotopic (exact) mass is 782 g/mol. The van der Waals surface area contributed by atoms with E-state index in [1.165, 1.54) is 5.06 Å². The molecular formula is C44H59FN8O4. The Kier molecular flexibility index (Phi) is 13.0. The topological polar surface area (TPSA) is 146 Å². The van der Waals surface area contributed by atoms with Crippen molar-refractivity contribution in [1.82, 2.24) is 20.6 Å². The van der Waals surface area contributed by atoms with Crippen LogP contribution in [0.1, 0.15) is 62.0 Å². The van der Waals surface area contributed by atoms with Crippen LogP contribution in [-0.4, -0.2) is 98.5 Å². The number of nitrogens with zero attached hydrogens (tertiary/aromatic N) is 6. The van der Waals surface area contributed by atoms with Gasteiger partial charge in [0.2, 0.25) is 5.91 Å². The molecule has 3 aromatic carbocycles. The molecule has 306 valence electrons. The standard InChI is InChI=1S/C44H59FN8O4/c1-26-36-21-32(44(36,3)4)22-37(26)49-43(56)41-39(27(2)54)38(23-47-50-46)57-53(41)24-29-15-12-16-35(40(29)45)30-18-31(20-34(19-30)52(7)8)42(55)48-33(25-51(5)6)17-28-13-10-9-11-14-28/h9-16,18-20,26-27,32-33,36-39,41,54H,17,21-25H2,1-8H3,(H,48,55)(H,49,56)/t26-,27-,32+,33-,36-,37-,38-,39+,41-/m0/s1. The quantitative estimate of drug-likeness (QED) is 0.0914. The predicted octanol–water partition coefficient (Wildman–Crippen LogP) is 6.44.